The van der Waals surface area contributed by atoms with E-state index in [1.165, 1.54) is 25.7 Å². The Morgan fingerprint density at radius 2 is 1.67 bits per heavy atom. The third-order valence-corrected chi connectivity index (χ3v) is 3.26. The van der Waals surface area contributed by atoms with Crippen LogP contribution in [0.15, 0.2) is 0 Å². The Bertz CT molecular complexity index is 269. The van der Waals surface area contributed by atoms with Gasteiger partial charge in [0.1, 0.15) is 0 Å². The molecule has 0 aliphatic heterocycles. The zero-order valence-electron chi connectivity index (χ0n) is 11.6. The summed E-state index contributed by atoms with van der Waals surface area (Å²) in [7, 11) is 0. The molecular formula is C14H26N2O2. The van der Waals surface area contributed by atoms with Crippen LogP contribution in [0.3, 0.4) is 0 Å². The molecule has 4 heteroatoms. The van der Waals surface area contributed by atoms with Crippen molar-refractivity contribution >= 4 is 11.8 Å². The van der Waals surface area contributed by atoms with Crippen molar-refractivity contribution in [2.24, 2.45) is 5.92 Å². The fourth-order valence-corrected chi connectivity index (χ4v) is 2.32. The summed E-state index contributed by atoms with van der Waals surface area (Å²) < 4.78 is 0. The molecule has 4 nitrogen and oxygen atoms in total. The van der Waals surface area contributed by atoms with Gasteiger partial charge in [-0.3, -0.25) is 9.59 Å². The van der Waals surface area contributed by atoms with Crippen molar-refractivity contribution in [3.05, 3.63) is 0 Å². The number of carbonyl (C=O) groups excluding carboxylic acids is 2. The summed E-state index contributed by atoms with van der Waals surface area (Å²) in [5.41, 5.74) is 0. The smallest absolute Gasteiger partial charge is 0.239 e. The van der Waals surface area contributed by atoms with Crippen LogP contribution in [-0.2, 0) is 9.59 Å². The molecule has 2 amide bonds. The molecule has 0 aromatic heterocycles. The van der Waals surface area contributed by atoms with Gasteiger partial charge in [-0.05, 0) is 18.8 Å². The molecule has 1 rings (SSSR count). The van der Waals surface area contributed by atoms with Crippen LogP contribution < -0.4 is 10.6 Å². The SMILES string of the molecule is CC(C)CC(=O)NCC(=O)NC1CCCCCC1. The third-order valence-electron chi connectivity index (χ3n) is 3.26. The van der Waals surface area contributed by atoms with Crippen LogP contribution in [0.25, 0.3) is 0 Å². The van der Waals surface area contributed by atoms with Crippen molar-refractivity contribution in [2.45, 2.75) is 64.8 Å². The highest BCUT2D eigenvalue weighted by Gasteiger charge is 2.15. The van der Waals surface area contributed by atoms with E-state index in [1.54, 1.807) is 0 Å². The predicted molar refractivity (Wildman–Crippen MR) is 72.1 cm³/mol. The topological polar surface area (TPSA) is 58.2 Å². The number of amides is 2. The van der Waals surface area contributed by atoms with Gasteiger partial charge in [-0.15, -0.1) is 0 Å². The van der Waals surface area contributed by atoms with Gasteiger partial charge in [-0.25, -0.2) is 0 Å². The van der Waals surface area contributed by atoms with Crippen molar-refractivity contribution in [1.29, 1.82) is 0 Å². The minimum Gasteiger partial charge on any atom is -0.352 e. The summed E-state index contributed by atoms with van der Waals surface area (Å²) in [6.45, 7) is 4.10. The highest BCUT2D eigenvalue weighted by Crippen LogP contribution is 2.16. The van der Waals surface area contributed by atoms with Crippen LogP contribution in [0, 0.1) is 5.92 Å². The zero-order valence-corrected chi connectivity index (χ0v) is 11.6. The maximum absolute atomic E-state index is 11.7. The van der Waals surface area contributed by atoms with Crippen molar-refractivity contribution in [3.8, 4) is 0 Å². The lowest BCUT2D eigenvalue weighted by molar-refractivity contribution is -0.126. The Kier molecular flexibility index (Phi) is 6.76. The first-order valence-electron chi connectivity index (χ1n) is 7.14. The number of hydrogen-bond donors (Lipinski definition) is 2. The summed E-state index contributed by atoms with van der Waals surface area (Å²) in [6, 6.07) is 0.307. The molecule has 0 spiro atoms. The lowest BCUT2D eigenvalue weighted by atomic mass is 10.1. The Hall–Kier alpha value is -1.06. The van der Waals surface area contributed by atoms with E-state index in [1.807, 2.05) is 13.8 Å². The van der Waals surface area contributed by atoms with E-state index in [-0.39, 0.29) is 18.4 Å². The molecule has 0 radical (unpaired) electrons. The first-order valence-corrected chi connectivity index (χ1v) is 7.14. The average Bonchev–Trinajstić information content (AvgIpc) is 2.54. The highest BCUT2D eigenvalue weighted by atomic mass is 16.2. The quantitative estimate of drug-likeness (QED) is 0.737. The van der Waals surface area contributed by atoms with Gasteiger partial charge in [0, 0.05) is 12.5 Å². The molecule has 1 aliphatic carbocycles. The maximum atomic E-state index is 11.7. The highest BCUT2D eigenvalue weighted by molar-refractivity contribution is 5.84. The lowest BCUT2D eigenvalue weighted by Gasteiger charge is -2.16. The monoisotopic (exact) mass is 254 g/mol. The van der Waals surface area contributed by atoms with Crippen LogP contribution in [0.2, 0.25) is 0 Å². The molecular weight excluding hydrogens is 228 g/mol. The minimum absolute atomic E-state index is 0.0407. The molecule has 1 saturated carbocycles. The Labute approximate surface area is 110 Å². The lowest BCUT2D eigenvalue weighted by Crippen LogP contribution is -2.42. The Balaban J connectivity index is 2.18. The van der Waals surface area contributed by atoms with Gasteiger partial charge in [-0.1, -0.05) is 39.5 Å². The summed E-state index contributed by atoms with van der Waals surface area (Å²) in [4.78, 5) is 23.1. The molecule has 104 valence electrons. The van der Waals surface area contributed by atoms with Crippen LogP contribution >= 0.6 is 0 Å². The van der Waals surface area contributed by atoms with Gasteiger partial charge in [0.05, 0.1) is 6.54 Å². The van der Waals surface area contributed by atoms with Crippen LogP contribution in [0.4, 0.5) is 0 Å². The van der Waals surface area contributed by atoms with Gasteiger partial charge in [0.15, 0.2) is 0 Å². The van der Waals surface area contributed by atoms with Crippen molar-refractivity contribution in [2.75, 3.05) is 6.54 Å². The van der Waals surface area contributed by atoms with E-state index >= 15 is 0 Å². The molecule has 0 aromatic carbocycles. The standard InChI is InChI=1S/C14H26N2O2/c1-11(2)9-13(17)15-10-14(18)16-12-7-5-3-4-6-8-12/h11-12H,3-10H2,1-2H3,(H,15,17)(H,16,18). The predicted octanol–water partition coefficient (Wildman–Crippen LogP) is 1.99. The fourth-order valence-electron chi connectivity index (χ4n) is 2.32. The summed E-state index contributed by atoms with van der Waals surface area (Å²) >= 11 is 0. The van der Waals surface area contributed by atoms with Gasteiger partial charge in [-0.2, -0.15) is 0 Å². The molecule has 0 aromatic rings. The van der Waals surface area contributed by atoms with Gasteiger partial charge in [0.2, 0.25) is 11.8 Å². The first kappa shape index (κ1) is 15.0. The molecule has 1 fully saturated rings. The molecule has 0 unspecified atom stereocenters. The van der Waals surface area contributed by atoms with Gasteiger partial charge < -0.3 is 10.6 Å². The molecule has 0 atom stereocenters. The number of nitrogens with one attached hydrogen (secondary N) is 2. The summed E-state index contributed by atoms with van der Waals surface area (Å²) in [5, 5.41) is 5.68. The summed E-state index contributed by atoms with van der Waals surface area (Å²) in [5.74, 6) is 0.231. The average molecular weight is 254 g/mol. The van der Waals surface area contributed by atoms with E-state index in [0.29, 0.717) is 18.4 Å². The molecule has 1 aliphatic rings. The molecule has 18 heavy (non-hydrogen) atoms. The van der Waals surface area contributed by atoms with E-state index in [0.717, 1.165) is 12.8 Å². The second-order valence-electron chi connectivity index (χ2n) is 5.63. The Morgan fingerprint density at radius 1 is 1.06 bits per heavy atom. The van der Waals surface area contributed by atoms with Crippen LogP contribution in [-0.4, -0.2) is 24.4 Å². The second kappa shape index (κ2) is 8.11. The Morgan fingerprint density at radius 3 is 2.22 bits per heavy atom. The molecule has 2 N–H and O–H groups in total. The number of hydrogen-bond acceptors (Lipinski definition) is 2. The van der Waals surface area contributed by atoms with Crippen LogP contribution in [0.5, 0.6) is 0 Å². The van der Waals surface area contributed by atoms with Crippen molar-refractivity contribution in [3.63, 3.8) is 0 Å². The van der Waals surface area contributed by atoms with E-state index in [4.69, 9.17) is 0 Å². The van der Waals surface area contributed by atoms with E-state index in [2.05, 4.69) is 10.6 Å². The van der Waals surface area contributed by atoms with E-state index < -0.39 is 0 Å². The normalized spacial score (nSPS) is 17.3. The van der Waals surface area contributed by atoms with Crippen molar-refractivity contribution < 1.29 is 9.59 Å². The first-order chi connectivity index (χ1) is 8.58. The van der Waals surface area contributed by atoms with Gasteiger partial charge >= 0.3 is 0 Å². The molecule has 0 saturated heterocycles. The largest absolute Gasteiger partial charge is 0.352 e. The number of carbonyl (C=O) groups is 2. The third kappa shape index (κ3) is 6.62. The fraction of sp³-hybridized carbons (Fsp3) is 0.857. The summed E-state index contributed by atoms with van der Waals surface area (Å²) in [6.07, 6.45) is 7.58. The van der Waals surface area contributed by atoms with Gasteiger partial charge in [0.25, 0.3) is 0 Å². The molecule has 0 heterocycles. The molecule has 0 bridgehead atoms. The minimum atomic E-state index is -0.0565. The number of rotatable bonds is 5. The van der Waals surface area contributed by atoms with E-state index in [9.17, 15) is 9.59 Å². The zero-order chi connectivity index (χ0) is 13.4. The van der Waals surface area contributed by atoms with Crippen molar-refractivity contribution in [1.82, 2.24) is 10.6 Å². The van der Waals surface area contributed by atoms with Crippen LogP contribution in [0.1, 0.15) is 58.8 Å². The maximum Gasteiger partial charge on any atom is 0.239 e. The second-order valence-corrected chi connectivity index (χ2v) is 5.63.